The number of hydrogen-bond donors (Lipinski definition) is 0. The Morgan fingerprint density at radius 3 is 2.67 bits per heavy atom. The van der Waals surface area contributed by atoms with Crippen LogP contribution in [0.3, 0.4) is 0 Å². The van der Waals surface area contributed by atoms with Crippen LogP contribution in [0, 0.1) is 0 Å². The van der Waals surface area contributed by atoms with E-state index in [1.165, 1.54) is 5.56 Å². The number of benzene rings is 1. The molecule has 0 spiro atoms. The molecule has 1 saturated heterocycles. The zero-order valence-electron chi connectivity index (χ0n) is 15.0. The summed E-state index contributed by atoms with van der Waals surface area (Å²) in [5.41, 5.74) is 3.11. The van der Waals surface area contributed by atoms with E-state index in [-0.39, 0.29) is 5.91 Å². The van der Waals surface area contributed by atoms with Crippen molar-refractivity contribution in [2.45, 2.75) is 6.54 Å². The summed E-state index contributed by atoms with van der Waals surface area (Å²) in [4.78, 5) is 15.5. The Morgan fingerprint density at radius 2 is 1.93 bits per heavy atom. The molecule has 0 unspecified atom stereocenters. The Balaban J connectivity index is 1.58. The van der Waals surface area contributed by atoms with Crippen LogP contribution in [0.25, 0.3) is 16.6 Å². The molecule has 0 radical (unpaired) electrons. The van der Waals surface area contributed by atoms with E-state index in [2.05, 4.69) is 23.6 Å². The molecule has 1 aromatic carbocycles. The molecule has 1 fully saturated rings. The van der Waals surface area contributed by atoms with Crippen molar-refractivity contribution in [3.8, 4) is 10.6 Å². The van der Waals surface area contributed by atoms with Crippen LogP contribution in [0.1, 0.15) is 11.1 Å². The number of nitrogens with zero attached hydrogens (tertiary/aromatic N) is 3. The van der Waals surface area contributed by atoms with Crippen molar-refractivity contribution in [3.63, 3.8) is 0 Å². The van der Waals surface area contributed by atoms with E-state index in [4.69, 9.17) is 5.10 Å². The molecule has 0 bridgehead atoms. The van der Waals surface area contributed by atoms with Gasteiger partial charge in [0.1, 0.15) is 5.69 Å². The molecule has 0 N–H and O–H groups in total. The van der Waals surface area contributed by atoms with Gasteiger partial charge in [-0.25, -0.2) is 0 Å². The highest BCUT2D eigenvalue weighted by molar-refractivity contribution is 7.99. The Hall–Kier alpha value is -2.31. The number of hydrogen-bond acceptors (Lipinski definition) is 4. The van der Waals surface area contributed by atoms with Gasteiger partial charge in [-0.3, -0.25) is 9.48 Å². The normalized spacial score (nSPS) is 14.7. The first-order chi connectivity index (χ1) is 13.3. The molecule has 1 aliphatic heterocycles. The molecule has 4 rings (SSSR count). The minimum atomic E-state index is 0.0863. The zero-order chi connectivity index (χ0) is 18.5. The van der Waals surface area contributed by atoms with Crippen molar-refractivity contribution in [3.05, 3.63) is 71.2 Å². The zero-order valence-corrected chi connectivity index (χ0v) is 16.6. The lowest BCUT2D eigenvalue weighted by atomic mass is 10.2. The standard InChI is InChI=1S/C21H21N3OS2/c25-20(23-10-13-26-14-11-23)9-8-18-16-24(15-17-5-2-1-3-6-17)22-21(18)19-7-4-12-27-19/h1-9,12,16H,10-11,13-15H2. The van der Waals surface area contributed by atoms with Gasteiger partial charge in [0.25, 0.3) is 0 Å². The van der Waals surface area contributed by atoms with Gasteiger partial charge in [-0.1, -0.05) is 36.4 Å². The summed E-state index contributed by atoms with van der Waals surface area (Å²) in [5.74, 6) is 2.13. The van der Waals surface area contributed by atoms with E-state index >= 15 is 0 Å². The van der Waals surface area contributed by atoms with Crippen molar-refractivity contribution in [1.82, 2.24) is 14.7 Å². The molecule has 3 aromatic rings. The number of carbonyl (C=O) groups excluding carboxylic acids is 1. The number of amides is 1. The predicted molar refractivity (Wildman–Crippen MR) is 114 cm³/mol. The number of rotatable bonds is 5. The molecule has 1 amide bonds. The maximum Gasteiger partial charge on any atom is 0.246 e. The highest BCUT2D eigenvalue weighted by Crippen LogP contribution is 2.28. The van der Waals surface area contributed by atoms with E-state index in [1.807, 2.05) is 57.9 Å². The molecular formula is C21H21N3OS2. The first-order valence-electron chi connectivity index (χ1n) is 8.99. The van der Waals surface area contributed by atoms with Crippen LogP contribution >= 0.6 is 23.1 Å². The van der Waals surface area contributed by atoms with Crippen LogP contribution in [0.4, 0.5) is 0 Å². The molecule has 1 aliphatic rings. The van der Waals surface area contributed by atoms with E-state index in [1.54, 1.807) is 17.4 Å². The lowest BCUT2D eigenvalue weighted by Crippen LogP contribution is -2.36. The lowest BCUT2D eigenvalue weighted by Gasteiger charge is -2.25. The first kappa shape index (κ1) is 18.1. The number of aromatic nitrogens is 2. The van der Waals surface area contributed by atoms with Crippen LogP contribution in [0.15, 0.2) is 60.1 Å². The molecule has 0 saturated carbocycles. The van der Waals surface area contributed by atoms with Crippen molar-refractivity contribution < 1.29 is 4.79 Å². The van der Waals surface area contributed by atoms with Gasteiger partial charge < -0.3 is 4.90 Å². The molecule has 2 aromatic heterocycles. The number of thiophene rings is 1. The van der Waals surface area contributed by atoms with Gasteiger partial charge in [-0.2, -0.15) is 16.9 Å². The maximum atomic E-state index is 12.5. The maximum absolute atomic E-state index is 12.5. The summed E-state index contributed by atoms with van der Waals surface area (Å²) >= 11 is 3.57. The fourth-order valence-electron chi connectivity index (χ4n) is 3.07. The van der Waals surface area contributed by atoms with E-state index in [0.29, 0.717) is 6.54 Å². The first-order valence-corrected chi connectivity index (χ1v) is 11.0. The SMILES string of the molecule is O=C(C=Cc1cn(Cc2ccccc2)nc1-c1cccs1)N1CCSCC1. The van der Waals surface area contributed by atoms with Crippen molar-refractivity contribution in [2.75, 3.05) is 24.6 Å². The fraction of sp³-hybridized carbons (Fsp3) is 0.238. The lowest BCUT2D eigenvalue weighted by molar-refractivity contribution is -0.125. The summed E-state index contributed by atoms with van der Waals surface area (Å²) in [6.07, 6.45) is 5.63. The molecular weight excluding hydrogens is 374 g/mol. The van der Waals surface area contributed by atoms with Gasteiger partial charge in [0.15, 0.2) is 0 Å². The second-order valence-corrected chi connectivity index (χ2v) is 8.54. The fourth-order valence-corrected chi connectivity index (χ4v) is 4.70. The van der Waals surface area contributed by atoms with E-state index in [0.717, 1.165) is 40.7 Å². The highest BCUT2D eigenvalue weighted by atomic mass is 32.2. The predicted octanol–water partition coefficient (Wildman–Crippen LogP) is 4.25. The summed E-state index contributed by atoms with van der Waals surface area (Å²) in [6, 6.07) is 14.4. The Labute approximate surface area is 167 Å². The van der Waals surface area contributed by atoms with E-state index in [9.17, 15) is 4.79 Å². The molecule has 6 heteroatoms. The topological polar surface area (TPSA) is 38.1 Å². The third-order valence-corrected chi connectivity index (χ3v) is 6.28. The van der Waals surface area contributed by atoms with Gasteiger partial charge >= 0.3 is 0 Å². The van der Waals surface area contributed by atoms with Gasteiger partial charge in [0, 0.05) is 42.4 Å². The van der Waals surface area contributed by atoms with Crippen LogP contribution < -0.4 is 0 Å². The molecule has 0 atom stereocenters. The molecule has 27 heavy (non-hydrogen) atoms. The van der Waals surface area contributed by atoms with Crippen molar-refractivity contribution >= 4 is 35.1 Å². The van der Waals surface area contributed by atoms with Gasteiger partial charge in [-0.05, 0) is 23.1 Å². The van der Waals surface area contributed by atoms with Crippen molar-refractivity contribution in [2.24, 2.45) is 0 Å². The van der Waals surface area contributed by atoms with Crippen LogP contribution in [0.2, 0.25) is 0 Å². The second kappa shape index (κ2) is 8.59. The smallest absolute Gasteiger partial charge is 0.246 e. The summed E-state index contributed by atoms with van der Waals surface area (Å²) in [5, 5.41) is 6.84. The van der Waals surface area contributed by atoms with Crippen LogP contribution in [-0.4, -0.2) is 45.2 Å². The monoisotopic (exact) mass is 395 g/mol. The molecule has 3 heterocycles. The van der Waals surface area contributed by atoms with Crippen molar-refractivity contribution in [1.29, 1.82) is 0 Å². The van der Waals surface area contributed by atoms with Crippen LogP contribution in [-0.2, 0) is 11.3 Å². The summed E-state index contributed by atoms with van der Waals surface area (Å²) in [7, 11) is 0. The molecule has 0 aliphatic carbocycles. The second-order valence-electron chi connectivity index (χ2n) is 6.36. The Morgan fingerprint density at radius 1 is 1.11 bits per heavy atom. The van der Waals surface area contributed by atoms with E-state index < -0.39 is 0 Å². The number of carbonyl (C=O) groups is 1. The Kier molecular flexibility index (Phi) is 5.75. The van der Waals surface area contributed by atoms with Gasteiger partial charge in [-0.15, -0.1) is 11.3 Å². The Bertz CT molecular complexity index is 910. The third kappa shape index (κ3) is 4.51. The highest BCUT2D eigenvalue weighted by Gasteiger charge is 2.15. The summed E-state index contributed by atoms with van der Waals surface area (Å²) < 4.78 is 1.95. The minimum absolute atomic E-state index is 0.0863. The quantitative estimate of drug-likeness (QED) is 0.606. The minimum Gasteiger partial charge on any atom is -0.338 e. The molecule has 138 valence electrons. The molecule has 4 nitrogen and oxygen atoms in total. The summed E-state index contributed by atoms with van der Waals surface area (Å²) in [6.45, 7) is 2.38. The average Bonchev–Trinajstić information content (AvgIpc) is 3.37. The third-order valence-electron chi connectivity index (χ3n) is 4.46. The number of thioether (sulfide) groups is 1. The van der Waals surface area contributed by atoms with Gasteiger partial charge in [0.2, 0.25) is 5.91 Å². The van der Waals surface area contributed by atoms with Gasteiger partial charge in [0.05, 0.1) is 11.4 Å². The largest absolute Gasteiger partial charge is 0.338 e. The van der Waals surface area contributed by atoms with Crippen LogP contribution in [0.5, 0.6) is 0 Å². The average molecular weight is 396 g/mol.